The van der Waals surface area contributed by atoms with Crippen LogP contribution in [0.4, 0.5) is 8.78 Å². The van der Waals surface area contributed by atoms with E-state index >= 15 is 0 Å². The molecule has 0 aliphatic heterocycles. The lowest BCUT2D eigenvalue weighted by molar-refractivity contribution is 0.0994. The lowest BCUT2D eigenvalue weighted by Gasteiger charge is -2.11. The monoisotopic (exact) mass is 280 g/mol. The number of carbonyl (C=O) groups excluding carboxylic acids is 1. The zero-order chi connectivity index (χ0) is 11.6. The molecule has 0 aliphatic carbocycles. The number of nitrogens with zero attached hydrogens (tertiary/aromatic N) is 1. The minimum absolute atomic E-state index is 0.0799. The van der Waals surface area contributed by atoms with Crippen molar-refractivity contribution in [3.05, 3.63) is 21.9 Å². The first-order valence-corrected chi connectivity index (χ1v) is 4.58. The van der Waals surface area contributed by atoms with Crippen molar-refractivity contribution in [3.63, 3.8) is 0 Å². The van der Waals surface area contributed by atoms with Crippen LogP contribution < -0.4 is 10.5 Å². The van der Waals surface area contributed by atoms with Gasteiger partial charge in [0.2, 0.25) is 0 Å². The van der Waals surface area contributed by atoms with Gasteiger partial charge in [0.1, 0.15) is 15.9 Å². The Morgan fingerprint density at radius 3 is 2.67 bits per heavy atom. The van der Waals surface area contributed by atoms with Crippen molar-refractivity contribution >= 4 is 21.8 Å². The quantitative estimate of drug-likeness (QED) is 0.860. The van der Waals surface area contributed by atoms with E-state index in [1.807, 2.05) is 0 Å². The van der Waals surface area contributed by atoms with Gasteiger partial charge in [-0.3, -0.25) is 4.79 Å². The molecule has 82 valence electrons. The fourth-order valence-electron chi connectivity index (χ4n) is 1.08. The van der Waals surface area contributed by atoms with Crippen molar-refractivity contribution in [1.82, 2.24) is 4.98 Å². The maximum Gasteiger partial charge on any atom is 0.268 e. The standard InChI is InChI=1S/C8H7BrF2N2O2/c1-15-5-3(7(10)11)2-13-6(9)4(5)8(12)14/h2,7H,1H3,(H2,12,14). The highest BCUT2D eigenvalue weighted by Crippen LogP contribution is 2.34. The zero-order valence-corrected chi connectivity index (χ0v) is 9.22. The third kappa shape index (κ3) is 2.23. The fourth-order valence-corrected chi connectivity index (χ4v) is 1.55. The molecule has 1 heterocycles. The van der Waals surface area contributed by atoms with Crippen molar-refractivity contribution in [3.8, 4) is 5.75 Å². The second kappa shape index (κ2) is 4.52. The molecule has 0 unspecified atom stereocenters. The third-order valence-electron chi connectivity index (χ3n) is 1.70. The molecule has 0 spiro atoms. The maximum atomic E-state index is 12.5. The van der Waals surface area contributed by atoms with E-state index in [1.165, 1.54) is 7.11 Å². The number of amides is 1. The van der Waals surface area contributed by atoms with Gasteiger partial charge in [0.05, 0.1) is 12.7 Å². The molecule has 7 heteroatoms. The van der Waals surface area contributed by atoms with E-state index in [1.54, 1.807) is 0 Å². The smallest absolute Gasteiger partial charge is 0.268 e. The molecule has 0 bridgehead atoms. The molecule has 0 saturated carbocycles. The highest BCUT2D eigenvalue weighted by atomic mass is 79.9. The van der Waals surface area contributed by atoms with Gasteiger partial charge in [-0.1, -0.05) is 0 Å². The Bertz CT molecular complexity index is 398. The number of hydrogen-bond acceptors (Lipinski definition) is 3. The largest absolute Gasteiger partial charge is 0.495 e. The van der Waals surface area contributed by atoms with Crippen LogP contribution in [0.2, 0.25) is 0 Å². The van der Waals surface area contributed by atoms with Crippen LogP contribution >= 0.6 is 15.9 Å². The normalized spacial score (nSPS) is 10.5. The highest BCUT2D eigenvalue weighted by molar-refractivity contribution is 9.10. The highest BCUT2D eigenvalue weighted by Gasteiger charge is 2.23. The first-order chi connectivity index (χ1) is 6.99. The van der Waals surface area contributed by atoms with Crippen LogP contribution in [0.15, 0.2) is 10.8 Å². The van der Waals surface area contributed by atoms with Crippen LogP contribution in [0.1, 0.15) is 22.3 Å². The van der Waals surface area contributed by atoms with Crippen molar-refractivity contribution in [1.29, 1.82) is 0 Å². The predicted octanol–water partition coefficient (Wildman–Crippen LogP) is 1.89. The lowest BCUT2D eigenvalue weighted by Crippen LogP contribution is -2.15. The van der Waals surface area contributed by atoms with Gasteiger partial charge in [-0.2, -0.15) is 0 Å². The van der Waals surface area contributed by atoms with Crippen LogP contribution in [-0.2, 0) is 0 Å². The molecule has 0 aliphatic rings. The van der Waals surface area contributed by atoms with E-state index < -0.39 is 17.9 Å². The first kappa shape index (κ1) is 11.8. The summed E-state index contributed by atoms with van der Waals surface area (Å²) in [6.07, 6.45) is -1.85. The van der Waals surface area contributed by atoms with Crippen LogP contribution in [0.25, 0.3) is 0 Å². The molecule has 4 nitrogen and oxygen atoms in total. The van der Waals surface area contributed by atoms with Gasteiger partial charge < -0.3 is 10.5 Å². The maximum absolute atomic E-state index is 12.5. The summed E-state index contributed by atoms with van der Waals surface area (Å²) in [6.45, 7) is 0. The minimum atomic E-state index is -2.78. The number of pyridine rings is 1. The SMILES string of the molecule is COc1c(C(F)F)cnc(Br)c1C(N)=O. The molecule has 0 fully saturated rings. The van der Waals surface area contributed by atoms with E-state index in [4.69, 9.17) is 10.5 Å². The Morgan fingerprint density at radius 2 is 2.27 bits per heavy atom. The summed E-state index contributed by atoms with van der Waals surface area (Å²) in [5, 5.41) is 0. The van der Waals surface area contributed by atoms with E-state index in [2.05, 4.69) is 20.9 Å². The lowest BCUT2D eigenvalue weighted by atomic mass is 10.1. The number of methoxy groups -OCH3 is 1. The molecular weight excluding hydrogens is 274 g/mol. The number of alkyl halides is 2. The topological polar surface area (TPSA) is 65.2 Å². The summed E-state index contributed by atoms with van der Waals surface area (Å²) in [5.41, 5.74) is 4.38. The average Bonchev–Trinajstić information content (AvgIpc) is 2.15. The summed E-state index contributed by atoms with van der Waals surface area (Å²) in [4.78, 5) is 14.6. The van der Waals surface area contributed by atoms with Gasteiger partial charge in [0.25, 0.3) is 12.3 Å². The number of nitrogens with two attached hydrogens (primary N) is 1. The molecule has 1 aromatic rings. The number of hydrogen-bond donors (Lipinski definition) is 1. The van der Waals surface area contributed by atoms with E-state index in [0.29, 0.717) is 0 Å². The van der Waals surface area contributed by atoms with Crippen molar-refractivity contribution in [2.75, 3.05) is 7.11 Å². The van der Waals surface area contributed by atoms with Gasteiger partial charge in [-0.25, -0.2) is 13.8 Å². The van der Waals surface area contributed by atoms with Gasteiger partial charge in [0, 0.05) is 6.20 Å². The third-order valence-corrected chi connectivity index (χ3v) is 2.30. The summed E-state index contributed by atoms with van der Waals surface area (Å²) in [7, 11) is 1.18. The second-order valence-electron chi connectivity index (χ2n) is 2.58. The van der Waals surface area contributed by atoms with Crippen LogP contribution in [0.3, 0.4) is 0 Å². The number of halogens is 3. The first-order valence-electron chi connectivity index (χ1n) is 3.79. The van der Waals surface area contributed by atoms with Gasteiger partial charge in [-0.15, -0.1) is 0 Å². The summed E-state index contributed by atoms with van der Waals surface area (Å²) < 4.78 is 29.8. The van der Waals surface area contributed by atoms with E-state index in [-0.39, 0.29) is 15.9 Å². The second-order valence-corrected chi connectivity index (χ2v) is 3.33. The van der Waals surface area contributed by atoms with E-state index in [0.717, 1.165) is 6.20 Å². The van der Waals surface area contributed by atoms with Crippen LogP contribution in [0, 0.1) is 0 Å². The number of aromatic nitrogens is 1. The van der Waals surface area contributed by atoms with E-state index in [9.17, 15) is 13.6 Å². The zero-order valence-electron chi connectivity index (χ0n) is 7.63. The Kier molecular flexibility index (Phi) is 3.57. The van der Waals surface area contributed by atoms with Crippen molar-refractivity contribution in [2.45, 2.75) is 6.43 Å². The Labute approximate surface area is 92.6 Å². The molecule has 0 atom stereocenters. The molecule has 1 amide bonds. The minimum Gasteiger partial charge on any atom is -0.495 e. The Balaban J connectivity index is 3.47. The molecule has 1 aromatic heterocycles. The molecule has 0 aromatic carbocycles. The number of rotatable bonds is 3. The van der Waals surface area contributed by atoms with Gasteiger partial charge in [0.15, 0.2) is 0 Å². The van der Waals surface area contributed by atoms with Crippen molar-refractivity contribution < 1.29 is 18.3 Å². The molecule has 15 heavy (non-hydrogen) atoms. The molecule has 1 rings (SSSR count). The molecule has 0 radical (unpaired) electrons. The van der Waals surface area contributed by atoms with Crippen molar-refractivity contribution in [2.24, 2.45) is 5.73 Å². The predicted molar refractivity (Wildman–Crippen MR) is 52.0 cm³/mol. The average molecular weight is 281 g/mol. The number of carbonyl (C=O) groups is 1. The molecular formula is C8H7BrF2N2O2. The Morgan fingerprint density at radius 1 is 1.67 bits per heavy atom. The summed E-state index contributed by atoms with van der Waals surface area (Å²) in [6, 6.07) is 0. The van der Waals surface area contributed by atoms with Gasteiger partial charge >= 0.3 is 0 Å². The van der Waals surface area contributed by atoms with Gasteiger partial charge in [-0.05, 0) is 15.9 Å². The Hall–Kier alpha value is -1.24. The van der Waals surface area contributed by atoms with Crippen LogP contribution in [0.5, 0.6) is 5.75 Å². The van der Waals surface area contributed by atoms with Crippen LogP contribution in [-0.4, -0.2) is 18.0 Å². The number of primary amides is 1. The number of ether oxygens (including phenoxy) is 1. The molecule has 0 saturated heterocycles. The molecule has 2 N–H and O–H groups in total. The summed E-state index contributed by atoms with van der Waals surface area (Å²) in [5.74, 6) is -1.13. The summed E-state index contributed by atoms with van der Waals surface area (Å²) >= 11 is 2.93. The fraction of sp³-hybridized carbons (Fsp3) is 0.250.